The Bertz CT molecular complexity index is 652. The number of hydrogen-bond acceptors (Lipinski definition) is 5. The van der Waals surface area contributed by atoms with Crippen LogP contribution in [0, 0.1) is 6.92 Å². The van der Waals surface area contributed by atoms with Gasteiger partial charge in [-0.25, -0.2) is 0 Å². The molecule has 3 N–H and O–H groups in total. The molecule has 21 heavy (non-hydrogen) atoms. The predicted molar refractivity (Wildman–Crippen MR) is 79.6 cm³/mol. The normalized spacial score (nSPS) is 10.2. The number of hydrogen-bond donors (Lipinski definition) is 2. The zero-order valence-electron chi connectivity index (χ0n) is 12.2. The van der Waals surface area contributed by atoms with Crippen LogP contribution >= 0.6 is 0 Å². The largest absolute Gasteiger partial charge is 0.493 e. The Hall–Kier alpha value is -2.70. The number of nitrogen functional groups attached to an aromatic ring is 1. The van der Waals surface area contributed by atoms with Gasteiger partial charge in [-0.1, -0.05) is 0 Å². The molecule has 2 rings (SSSR count). The minimum atomic E-state index is -0.201. The van der Waals surface area contributed by atoms with E-state index in [1.54, 1.807) is 38.6 Å². The molecular weight excluding hydrogens is 272 g/mol. The molecule has 0 saturated heterocycles. The van der Waals surface area contributed by atoms with Crippen molar-refractivity contribution >= 4 is 17.4 Å². The highest BCUT2D eigenvalue weighted by Gasteiger charge is 2.11. The van der Waals surface area contributed by atoms with E-state index in [1.807, 2.05) is 6.92 Å². The summed E-state index contributed by atoms with van der Waals surface area (Å²) in [6.45, 7) is 1.97. The molecule has 7 nitrogen and oxygen atoms in total. The standard InChI is InChI=1S/C14H18N4O3/c1-9-6-11(20-2)12(21-3)7-10(9)16-14(19)8-18-5-4-13(15)17-18/h4-7H,8H2,1-3H3,(H2,15,17)(H,16,19). The third kappa shape index (κ3) is 3.44. The number of amides is 1. The monoisotopic (exact) mass is 290 g/mol. The number of carbonyl (C=O) groups excluding carboxylic acids is 1. The lowest BCUT2D eigenvalue weighted by molar-refractivity contribution is -0.116. The summed E-state index contributed by atoms with van der Waals surface area (Å²) in [7, 11) is 3.11. The van der Waals surface area contributed by atoms with Gasteiger partial charge in [0.2, 0.25) is 5.91 Å². The molecule has 0 saturated carbocycles. The number of ether oxygens (including phenoxy) is 2. The van der Waals surface area contributed by atoms with Gasteiger partial charge in [-0.15, -0.1) is 0 Å². The highest BCUT2D eigenvalue weighted by atomic mass is 16.5. The summed E-state index contributed by atoms with van der Waals surface area (Å²) in [5.41, 5.74) is 7.05. The molecule has 0 radical (unpaired) electrons. The Labute approximate surface area is 122 Å². The van der Waals surface area contributed by atoms with Crippen LogP contribution in [0.3, 0.4) is 0 Å². The highest BCUT2D eigenvalue weighted by Crippen LogP contribution is 2.32. The van der Waals surface area contributed by atoms with Crippen LogP contribution in [0.2, 0.25) is 0 Å². The molecule has 1 aromatic carbocycles. The van der Waals surface area contributed by atoms with E-state index in [2.05, 4.69) is 10.4 Å². The number of aromatic nitrogens is 2. The molecule has 0 aliphatic rings. The number of nitrogens with two attached hydrogens (primary N) is 1. The molecule has 2 aromatic rings. The van der Waals surface area contributed by atoms with Gasteiger partial charge >= 0.3 is 0 Å². The molecule has 0 bridgehead atoms. The Morgan fingerprint density at radius 3 is 2.57 bits per heavy atom. The number of carbonyl (C=O) groups is 1. The van der Waals surface area contributed by atoms with Gasteiger partial charge in [-0.05, 0) is 24.6 Å². The Balaban J connectivity index is 2.13. The van der Waals surface area contributed by atoms with Crippen molar-refractivity contribution in [2.75, 3.05) is 25.3 Å². The molecule has 1 heterocycles. The fourth-order valence-corrected chi connectivity index (χ4v) is 1.92. The van der Waals surface area contributed by atoms with Crippen molar-refractivity contribution in [3.63, 3.8) is 0 Å². The van der Waals surface area contributed by atoms with E-state index in [4.69, 9.17) is 15.2 Å². The average Bonchev–Trinajstić information content (AvgIpc) is 2.85. The van der Waals surface area contributed by atoms with Gasteiger partial charge in [-0.3, -0.25) is 9.48 Å². The van der Waals surface area contributed by atoms with Crippen molar-refractivity contribution in [1.82, 2.24) is 9.78 Å². The van der Waals surface area contributed by atoms with E-state index in [0.29, 0.717) is 23.0 Å². The molecule has 0 atom stereocenters. The molecule has 0 fully saturated rings. The average molecular weight is 290 g/mol. The highest BCUT2D eigenvalue weighted by molar-refractivity contribution is 5.91. The second-order valence-corrected chi connectivity index (χ2v) is 4.51. The number of benzene rings is 1. The van der Waals surface area contributed by atoms with E-state index >= 15 is 0 Å². The molecular formula is C14H18N4O3. The summed E-state index contributed by atoms with van der Waals surface area (Å²) >= 11 is 0. The van der Waals surface area contributed by atoms with Gasteiger partial charge in [0.25, 0.3) is 0 Å². The van der Waals surface area contributed by atoms with Crippen molar-refractivity contribution in [3.05, 3.63) is 30.0 Å². The van der Waals surface area contributed by atoms with Gasteiger partial charge in [0.15, 0.2) is 11.5 Å². The second kappa shape index (κ2) is 6.17. The van der Waals surface area contributed by atoms with Crippen LogP contribution in [0.4, 0.5) is 11.5 Å². The van der Waals surface area contributed by atoms with Crippen LogP contribution in [-0.2, 0) is 11.3 Å². The van der Waals surface area contributed by atoms with Crippen molar-refractivity contribution in [2.45, 2.75) is 13.5 Å². The Morgan fingerprint density at radius 1 is 1.33 bits per heavy atom. The molecule has 0 unspecified atom stereocenters. The molecule has 1 aromatic heterocycles. The lowest BCUT2D eigenvalue weighted by Gasteiger charge is -2.13. The Kier molecular flexibility index (Phi) is 4.32. The number of nitrogens with one attached hydrogen (secondary N) is 1. The van der Waals surface area contributed by atoms with Gasteiger partial charge < -0.3 is 20.5 Å². The zero-order valence-corrected chi connectivity index (χ0v) is 12.2. The predicted octanol–water partition coefficient (Wildman–Crippen LogP) is 1.43. The maximum absolute atomic E-state index is 12.0. The third-order valence-corrected chi connectivity index (χ3v) is 2.97. The first kappa shape index (κ1) is 14.7. The number of rotatable bonds is 5. The van der Waals surface area contributed by atoms with Gasteiger partial charge in [0, 0.05) is 18.0 Å². The topological polar surface area (TPSA) is 91.4 Å². The lowest BCUT2D eigenvalue weighted by Crippen LogP contribution is -2.19. The quantitative estimate of drug-likeness (QED) is 0.869. The van der Waals surface area contributed by atoms with Crippen molar-refractivity contribution in [3.8, 4) is 11.5 Å². The molecule has 0 aliphatic carbocycles. The molecule has 1 amide bonds. The number of anilines is 2. The third-order valence-electron chi connectivity index (χ3n) is 2.97. The van der Waals surface area contributed by atoms with Crippen LogP contribution in [0.5, 0.6) is 11.5 Å². The van der Waals surface area contributed by atoms with Crippen LogP contribution in [-0.4, -0.2) is 29.9 Å². The molecule has 0 spiro atoms. The van der Waals surface area contributed by atoms with E-state index in [9.17, 15) is 4.79 Å². The van der Waals surface area contributed by atoms with E-state index in [1.165, 1.54) is 4.68 Å². The lowest BCUT2D eigenvalue weighted by atomic mass is 10.1. The Morgan fingerprint density at radius 2 is 2.00 bits per heavy atom. The molecule has 0 aliphatic heterocycles. The first-order chi connectivity index (χ1) is 10.0. The summed E-state index contributed by atoms with van der Waals surface area (Å²) in [4.78, 5) is 12.0. The maximum atomic E-state index is 12.0. The fraction of sp³-hybridized carbons (Fsp3) is 0.286. The summed E-state index contributed by atoms with van der Waals surface area (Å²) < 4.78 is 11.9. The first-order valence-corrected chi connectivity index (χ1v) is 6.35. The minimum absolute atomic E-state index is 0.0883. The first-order valence-electron chi connectivity index (χ1n) is 6.35. The van der Waals surface area contributed by atoms with E-state index in [0.717, 1.165) is 5.56 Å². The van der Waals surface area contributed by atoms with Crippen molar-refractivity contribution < 1.29 is 14.3 Å². The van der Waals surface area contributed by atoms with Crippen LogP contribution in [0.1, 0.15) is 5.56 Å². The van der Waals surface area contributed by atoms with Gasteiger partial charge in [-0.2, -0.15) is 5.10 Å². The molecule has 112 valence electrons. The summed E-state index contributed by atoms with van der Waals surface area (Å²) in [6.07, 6.45) is 1.65. The number of nitrogens with zero attached hydrogens (tertiary/aromatic N) is 2. The summed E-state index contributed by atoms with van der Waals surface area (Å²) in [5, 5.41) is 6.78. The van der Waals surface area contributed by atoms with E-state index < -0.39 is 0 Å². The second-order valence-electron chi connectivity index (χ2n) is 4.51. The fourth-order valence-electron chi connectivity index (χ4n) is 1.92. The maximum Gasteiger partial charge on any atom is 0.246 e. The zero-order chi connectivity index (χ0) is 15.4. The van der Waals surface area contributed by atoms with E-state index in [-0.39, 0.29) is 12.5 Å². The van der Waals surface area contributed by atoms with Crippen LogP contribution in [0.25, 0.3) is 0 Å². The summed E-state index contributed by atoms with van der Waals surface area (Å²) in [5.74, 6) is 1.35. The number of aryl methyl sites for hydroxylation is 1. The van der Waals surface area contributed by atoms with Gasteiger partial charge in [0.1, 0.15) is 12.4 Å². The SMILES string of the molecule is COc1cc(C)c(NC(=O)Cn2ccc(N)n2)cc1OC. The van der Waals surface area contributed by atoms with Crippen LogP contribution in [0.15, 0.2) is 24.4 Å². The van der Waals surface area contributed by atoms with Crippen LogP contribution < -0.4 is 20.5 Å². The smallest absolute Gasteiger partial charge is 0.246 e. The van der Waals surface area contributed by atoms with Gasteiger partial charge in [0.05, 0.1) is 14.2 Å². The molecule has 7 heteroatoms. The minimum Gasteiger partial charge on any atom is -0.493 e. The number of methoxy groups -OCH3 is 2. The van der Waals surface area contributed by atoms with Crippen molar-refractivity contribution in [1.29, 1.82) is 0 Å². The summed E-state index contributed by atoms with van der Waals surface area (Å²) in [6, 6.07) is 5.17. The van der Waals surface area contributed by atoms with Crippen molar-refractivity contribution in [2.24, 2.45) is 0 Å².